The van der Waals surface area contributed by atoms with Gasteiger partial charge < -0.3 is 0 Å². The van der Waals surface area contributed by atoms with Gasteiger partial charge in [0.15, 0.2) is 0 Å². The van der Waals surface area contributed by atoms with Gasteiger partial charge in [0.2, 0.25) is 0 Å². The van der Waals surface area contributed by atoms with Gasteiger partial charge in [0.1, 0.15) is 10.0 Å². The minimum absolute atomic E-state index is 0.0366. The van der Waals surface area contributed by atoms with Crippen LogP contribution in [-0.2, 0) is 10.8 Å². The zero-order valence-corrected chi connectivity index (χ0v) is 43.2. The van der Waals surface area contributed by atoms with Crippen LogP contribution in [0.25, 0.3) is 52.7 Å². The molecule has 2 atom stereocenters. The summed E-state index contributed by atoms with van der Waals surface area (Å²) in [5.41, 5.74) is 18.5. The first-order valence-corrected chi connectivity index (χ1v) is 26.6. The highest BCUT2D eigenvalue weighted by molar-refractivity contribution is 7.22. The van der Waals surface area contributed by atoms with Crippen LogP contribution in [-0.4, -0.2) is 21.4 Å². The van der Waals surface area contributed by atoms with Crippen LogP contribution in [0.3, 0.4) is 0 Å². The topological polar surface area (TPSA) is 57.0 Å². The van der Waals surface area contributed by atoms with Gasteiger partial charge in [-0.2, -0.15) is 10.2 Å². The Morgan fingerprint density at radius 1 is 0.375 bits per heavy atom. The van der Waals surface area contributed by atoms with Crippen molar-refractivity contribution >= 4 is 65.9 Å². The molecule has 0 saturated carbocycles. The number of hydrazone groups is 2. The third-order valence-electron chi connectivity index (χ3n) is 14.3. The molecule has 2 aromatic heterocycles. The number of nitrogens with zero attached hydrogens (tertiary/aromatic N) is 6. The van der Waals surface area contributed by atoms with Gasteiger partial charge in [0.25, 0.3) is 0 Å². The number of thiazole rings is 2. The van der Waals surface area contributed by atoms with Crippen molar-refractivity contribution < 1.29 is 0 Å². The van der Waals surface area contributed by atoms with Crippen LogP contribution in [0, 0.1) is 0 Å². The molecule has 0 fully saturated rings. The maximum absolute atomic E-state index is 5.36. The molecule has 0 aliphatic carbocycles. The number of hydrogen-bond donors (Lipinski definition) is 0. The second kappa shape index (κ2) is 18.3. The van der Waals surface area contributed by atoms with E-state index in [1.54, 1.807) is 22.7 Å². The molecule has 8 heteroatoms. The maximum atomic E-state index is 5.36. The summed E-state index contributed by atoms with van der Waals surface area (Å²) in [6, 6.07) is 70.5. The second-order valence-electron chi connectivity index (χ2n) is 21.2. The zero-order chi connectivity index (χ0) is 49.1. The molecule has 354 valence electrons. The van der Waals surface area contributed by atoms with Crippen molar-refractivity contribution in [2.45, 2.75) is 77.3 Å². The lowest BCUT2D eigenvalue weighted by molar-refractivity contribution is 0.590. The molecule has 0 amide bonds. The summed E-state index contributed by atoms with van der Waals surface area (Å²) in [4.78, 5) is 9.86. The maximum Gasteiger partial charge on any atom is 0.124 e. The van der Waals surface area contributed by atoms with E-state index in [0.29, 0.717) is 0 Å². The van der Waals surface area contributed by atoms with Crippen LogP contribution in [0.2, 0.25) is 0 Å². The Labute approximate surface area is 430 Å². The molecule has 0 N–H and O–H groups in total. The van der Waals surface area contributed by atoms with Crippen LogP contribution >= 0.6 is 22.7 Å². The van der Waals surface area contributed by atoms with Gasteiger partial charge in [-0.15, -0.1) is 22.7 Å². The van der Waals surface area contributed by atoms with Gasteiger partial charge in [0, 0.05) is 24.0 Å². The van der Waals surface area contributed by atoms with E-state index in [1.165, 1.54) is 42.8 Å². The third-order valence-corrected chi connectivity index (χ3v) is 16.4. The number of anilines is 2. The molecular formula is C64H56N6S2. The molecule has 2 aliphatic heterocycles. The van der Waals surface area contributed by atoms with E-state index >= 15 is 0 Å². The fourth-order valence-corrected chi connectivity index (χ4v) is 11.9. The third kappa shape index (κ3) is 8.95. The molecule has 2 aliphatic rings. The molecule has 2 unspecified atom stereocenters. The Hall–Kier alpha value is -7.52. The Balaban J connectivity index is 0.815. The minimum atomic E-state index is 0.0366. The van der Waals surface area contributed by atoms with Gasteiger partial charge in [-0.05, 0) is 128 Å². The summed E-state index contributed by atoms with van der Waals surface area (Å²) in [6.07, 6.45) is 1.60. The smallest absolute Gasteiger partial charge is 0.124 e. The SMILES string of the molecule is CC(C)(C)c1ccc(C2=NN(c3ccc(-c4nc5ccccc5s4)cc3)C(c3ccc(-c4ccc(C5CC(c6ccc(C(C)(C)C)cc6)=NN5c5ccc(-c6nc7ccccc7s6)cc5)cc4)cc3)C2)cc1. The number of hydrogen-bond acceptors (Lipinski definition) is 8. The number of aromatic nitrogens is 2. The summed E-state index contributed by atoms with van der Waals surface area (Å²) in [5, 5.41) is 17.2. The highest BCUT2D eigenvalue weighted by atomic mass is 32.1. The molecule has 10 aromatic rings. The van der Waals surface area contributed by atoms with Gasteiger partial charge >= 0.3 is 0 Å². The van der Waals surface area contributed by atoms with E-state index in [0.717, 1.165) is 78.9 Å². The summed E-state index contributed by atoms with van der Waals surface area (Å²) in [5.74, 6) is 0. The number of rotatable bonds is 9. The average molecular weight is 973 g/mol. The fraction of sp³-hybridized carbons (Fsp3) is 0.188. The lowest BCUT2D eigenvalue weighted by Crippen LogP contribution is -2.18. The highest BCUT2D eigenvalue weighted by Crippen LogP contribution is 2.42. The number of fused-ring (bicyclic) bond motifs is 2. The van der Waals surface area contributed by atoms with E-state index < -0.39 is 0 Å². The highest BCUT2D eigenvalue weighted by Gasteiger charge is 2.32. The number of benzene rings is 8. The lowest BCUT2D eigenvalue weighted by Gasteiger charge is -2.25. The Morgan fingerprint density at radius 3 is 1.06 bits per heavy atom. The second-order valence-corrected chi connectivity index (χ2v) is 23.2. The first-order chi connectivity index (χ1) is 34.9. The van der Waals surface area contributed by atoms with Crippen LogP contribution in [0.5, 0.6) is 0 Å². The Morgan fingerprint density at radius 2 is 0.708 bits per heavy atom. The van der Waals surface area contributed by atoms with E-state index in [1.807, 2.05) is 12.1 Å². The van der Waals surface area contributed by atoms with E-state index in [-0.39, 0.29) is 22.9 Å². The quantitative estimate of drug-likeness (QED) is 0.145. The van der Waals surface area contributed by atoms with Crippen molar-refractivity contribution in [2.75, 3.05) is 10.0 Å². The van der Waals surface area contributed by atoms with Crippen LogP contribution in [0.1, 0.15) is 99.8 Å². The summed E-state index contributed by atoms with van der Waals surface area (Å²) < 4.78 is 2.40. The van der Waals surface area contributed by atoms with Crippen molar-refractivity contribution in [1.29, 1.82) is 0 Å². The average Bonchev–Trinajstić information content (AvgIpc) is 4.24. The summed E-state index contributed by atoms with van der Waals surface area (Å²) >= 11 is 3.46. The molecule has 0 saturated heterocycles. The van der Waals surface area contributed by atoms with Crippen LogP contribution in [0.15, 0.2) is 204 Å². The summed E-state index contributed by atoms with van der Waals surface area (Å²) in [6.45, 7) is 13.6. The van der Waals surface area contributed by atoms with Gasteiger partial charge in [-0.3, -0.25) is 10.0 Å². The Kier molecular flexibility index (Phi) is 11.6. The van der Waals surface area contributed by atoms with Gasteiger partial charge in [-0.25, -0.2) is 9.97 Å². The predicted octanol–water partition coefficient (Wildman–Crippen LogP) is 17.2. The van der Waals surface area contributed by atoms with Crippen molar-refractivity contribution in [3.8, 4) is 32.3 Å². The van der Waals surface area contributed by atoms with Crippen molar-refractivity contribution in [3.05, 3.63) is 228 Å². The minimum Gasteiger partial charge on any atom is -0.257 e. The molecule has 8 aromatic carbocycles. The van der Waals surface area contributed by atoms with E-state index in [9.17, 15) is 0 Å². The first kappa shape index (κ1) is 45.6. The monoisotopic (exact) mass is 972 g/mol. The zero-order valence-electron chi connectivity index (χ0n) is 41.5. The van der Waals surface area contributed by atoms with E-state index in [2.05, 4.69) is 234 Å². The normalized spacial score (nSPS) is 16.2. The molecule has 12 rings (SSSR count). The number of para-hydroxylation sites is 2. The van der Waals surface area contributed by atoms with Crippen molar-refractivity contribution in [3.63, 3.8) is 0 Å². The van der Waals surface area contributed by atoms with Crippen molar-refractivity contribution in [2.24, 2.45) is 10.2 Å². The summed E-state index contributed by atoms with van der Waals surface area (Å²) in [7, 11) is 0. The molecular weight excluding hydrogens is 917 g/mol. The molecule has 0 radical (unpaired) electrons. The van der Waals surface area contributed by atoms with Crippen molar-refractivity contribution in [1.82, 2.24) is 9.97 Å². The molecule has 0 bridgehead atoms. The van der Waals surface area contributed by atoms with Crippen LogP contribution < -0.4 is 10.0 Å². The molecule has 6 nitrogen and oxygen atoms in total. The molecule has 0 spiro atoms. The van der Waals surface area contributed by atoms with Gasteiger partial charge in [0.05, 0.1) is 55.3 Å². The molecule has 4 heterocycles. The van der Waals surface area contributed by atoms with E-state index in [4.69, 9.17) is 20.2 Å². The van der Waals surface area contributed by atoms with Gasteiger partial charge in [-0.1, -0.05) is 163 Å². The lowest BCUT2D eigenvalue weighted by atomic mass is 9.86. The first-order valence-electron chi connectivity index (χ1n) is 25.0. The fourth-order valence-electron chi connectivity index (χ4n) is 9.99. The van der Waals surface area contributed by atoms with Crippen LogP contribution in [0.4, 0.5) is 11.4 Å². The predicted molar refractivity (Wildman–Crippen MR) is 305 cm³/mol. The Bertz CT molecular complexity index is 3320. The largest absolute Gasteiger partial charge is 0.257 e. The standard InChI is InChI=1S/C64H56N6S2/c1-63(2,3)49-31-23-43(24-32-49)55-39-57(69(67-55)51-35-27-47(28-36-51)61-65-53-11-7-9-13-59(53)71-61)45-19-15-41(16-20-45)42-17-21-46(22-18-42)58-40-56(44-25-33-50(34-26-44)64(4,5)6)68-70(58)52-37-29-48(30-38-52)62-66-54-12-8-10-14-60(54)72-62/h7-38,57-58H,39-40H2,1-6H3. The molecule has 72 heavy (non-hydrogen) atoms.